The summed E-state index contributed by atoms with van der Waals surface area (Å²) in [6, 6.07) is 0. The molecular formula is C32H54O8S. The van der Waals surface area contributed by atoms with Gasteiger partial charge in [-0.05, 0) is 103 Å². The Labute approximate surface area is 247 Å². The van der Waals surface area contributed by atoms with Crippen LogP contribution in [0.25, 0.3) is 0 Å². The van der Waals surface area contributed by atoms with Crippen molar-refractivity contribution in [2.45, 2.75) is 125 Å². The van der Waals surface area contributed by atoms with Gasteiger partial charge >= 0.3 is 10.4 Å². The molecule has 4 aliphatic rings. The number of aliphatic carboxylic acids is 1. The molecule has 4 rings (SSSR count). The number of carboxylic acid groups (broad SMARTS) is 1. The summed E-state index contributed by atoms with van der Waals surface area (Å²) in [4.78, 5) is 9.00. The highest BCUT2D eigenvalue weighted by atomic mass is 32.3. The number of carbonyl (C=O) groups is 1. The topological polar surface area (TPSA) is 141 Å². The van der Waals surface area contributed by atoms with Crippen molar-refractivity contribution < 1.29 is 37.3 Å². The highest BCUT2D eigenvalue weighted by Gasteiger charge is 2.63. The van der Waals surface area contributed by atoms with E-state index in [0.29, 0.717) is 30.1 Å². The zero-order valence-corrected chi connectivity index (χ0v) is 27.1. The van der Waals surface area contributed by atoms with Gasteiger partial charge in [0.2, 0.25) is 0 Å². The Bertz CT molecular complexity index is 1140. The maximum absolute atomic E-state index is 11.8. The average molecular weight is 599 g/mol. The van der Waals surface area contributed by atoms with Crippen molar-refractivity contribution in [1.29, 1.82) is 0 Å². The highest BCUT2D eigenvalue weighted by Crippen LogP contribution is 2.68. The summed E-state index contributed by atoms with van der Waals surface area (Å²) in [7, 11) is -4.70. The number of aliphatic hydroxyl groups is 2. The van der Waals surface area contributed by atoms with Crippen LogP contribution in [-0.2, 0) is 19.4 Å². The monoisotopic (exact) mass is 598 g/mol. The van der Waals surface area contributed by atoms with Crippen LogP contribution in [-0.4, -0.2) is 52.6 Å². The first kappa shape index (κ1) is 34.2. The molecule has 9 atom stereocenters. The van der Waals surface area contributed by atoms with E-state index in [-0.39, 0.29) is 11.3 Å². The highest BCUT2D eigenvalue weighted by molar-refractivity contribution is 7.80. The van der Waals surface area contributed by atoms with E-state index in [1.54, 1.807) is 0 Å². The van der Waals surface area contributed by atoms with E-state index in [1.165, 1.54) is 17.6 Å². The summed E-state index contributed by atoms with van der Waals surface area (Å²) in [5.74, 6) is 1.27. The maximum atomic E-state index is 11.8. The van der Waals surface area contributed by atoms with Gasteiger partial charge in [-0.3, -0.25) is 9.35 Å². The van der Waals surface area contributed by atoms with Crippen LogP contribution in [0.3, 0.4) is 0 Å². The zero-order chi connectivity index (χ0) is 31.3. The summed E-state index contributed by atoms with van der Waals surface area (Å²) in [6.07, 6.45) is 4.67. The molecule has 0 aromatic carbocycles. The summed E-state index contributed by atoms with van der Waals surface area (Å²) in [5.41, 5.74) is 2.73. The smallest absolute Gasteiger partial charge is 0.397 e. The molecule has 8 nitrogen and oxygen atoms in total. The molecule has 0 bridgehead atoms. The van der Waals surface area contributed by atoms with Gasteiger partial charge in [0.15, 0.2) is 0 Å². The van der Waals surface area contributed by atoms with Crippen molar-refractivity contribution in [3.63, 3.8) is 0 Å². The number of fused-ring (bicyclic) bond motifs is 4. The molecule has 236 valence electrons. The predicted molar refractivity (Wildman–Crippen MR) is 159 cm³/mol. The molecule has 0 heterocycles. The summed E-state index contributed by atoms with van der Waals surface area (Å²) >= 11 is 0. The van der Waals surface area contributed by atoms with E-state index in [2.05, 4.69) is 41.2 Å². The molecular weight excluding hydrogens is 544 g/mol. The second-order valence-electron chi connectivity index (χ2n) is 14.8. The molecule has 4 N–H and O–H groups in total. The molecule has 4 aliphatic carbocycles. The number of allylic oxidation sites excluding steroid dienone is 2. The molecule has 0 aliphatic heterocycles. The largest absolute Gasteiger partial charge is 0.481 e. The first-order valence-corrected chi connectivity index (χ1v) is 16.7. The molecule has 0 spiro atoms. The van der Waals surface area contributed by atoms with Crippen molar-refractivity contribution in [2.75, 3.05) is 0 Å². The van der Waals surface area contributed by atoms with Gasteiger partial charge in [0, 0.05) is 6.92 Å². The van der Waals surface area contributed by atoms with Gasteiger partial charge in [0.25, 0.3) is 5.97 Å². The lowest BCUT2D eigenvalue weighted by Gasteiger charge is -2.62. The van der Waals surface area contributed by atoms with Crippen molar-refractivity contribution in [3.8, 4) is 0 Å². The van der Waals surface area contributed by atoms with E-state index in [0.717, 1.165) is 51.0 Å². The predicted octanol–water partition coefficient (Wildman–Crippen LogP) is 6.19. The van der Waals surface area contributed by atoms with Gasteiger partial charge in [0.05, 0.1) is 12.2 Å². The Morgan fingerprint density at radius 1 is 1.07 bits per heavy atom. The molecule has 0 radical (unpaired) electrons. The average Bonchev–Trinajstić information content (AvgIpc) is 3.15. The normalized spacial score (nSPS) is 38.7. The van der Waals surface area contributed by atoms with Gasteiger partial charge < -0.3 is 15.3 Å². The van der Waals surface area contributed by atoms with E-state index in [4.69, 9.17) is 14.1 Å². The Morgan fingerprint density at radius 2 is 1.66 bits per heavy atom. The van der Waals surface area contributed by atoms with E-state index in [1.807, 2.05) is 13.8 Å². The lowest BCUT2D eigenvalue weighted by Crippen LogP contribution is -2.61. The minimum atomic E-state index is -4.70. The van der Waals surface area contributed by atoms with Crippen LogP contribution in [0.2, 0.25) is 0 Å². The van der Waals surface area contributed by atoms with Gasteiger partial charge in [-0.15, -0.1) is 0 Å². The van der Waals surface area contributed by atoms with Gasteiger partial charge in [-0.2, -0.15) is 8.42 Å². The molecule has 9 unspecified atom stereocenters. The fourth-order valence-electron chi connectivity index (χ4n) is 9.75. The summed E-state index contributed by atoms with van der Waals surface area (Å²) in [6.45, 7) is 20.6. The van der Waals surface area contributed by atoms with Gasteiger partial charge in [0.1, 0.15) is 6.10 Å². The fourth-order valence-corrected chi connectivity index (χ4v) is 10.4. The standard InChI is InChI=1S/C30H50O6S.C2H4O2/c1-17(2)18(3)9-10-19(4)21-12-13-22-20-11-14-25-28(5,6)27(36-37(33,34)35)24(32)16-30(25,8)26(20)23(31)15-29(21,22)7;1-2(3)4/h17,19,21-25,27,31-32H,3,9-16H2,1-2,4-8H3,(H,33,34,35);1H3,(H,3,4). The minimum Gasteiger partial charge on any atom is -0.481 e. The van der Waals surface area contributed by atoms with Crippen LogP contribution < -0.4 is 0 Å². The molecule has 2 saturated carbocycles. The summed E-state index contributed by atoms with van der Waals surface area (Å²) in [5, 5.41) is 30.3. The van der Waals surface area contributed by atoms with Crippen LogP contribution >= 0.6 is 0 Å². The molecule has 2 fully saturated rings. The summed E-state index contributed by atoms with van der Waals surface area (Å²) < 4.78 is 37.6. The number of hydrogen-bond donors (Lipinski definition) is 4. The first-order valence-electron chi connectivity index (χ1n) is 15.3. The van der Waals surface area contributed by atoms with Crippen LogP contribution in [0, 0.1) is 45.8 Å². The van der Waals surface area contributed by atoms with E-state index < -0.39 is 45.5 Å². The number of rotatable bonds is 7. The molecule has 41 heavy (non-hydrogen) atoms. The third-order valence-corrected chi connectivity index (χ3v) is 11.9. The van der Waals surface area contributed by atoms with Crippen LogP contribution in [0.4, 0.5) is 0 Å². The second-order valence-corrected chi connectivity index (χ2v) is 15.8. The number of hydrogen-bond acceptors (Lipinski definition) is 6. The molecule has 0 aromatic rings. The van der Waals surface area contributed by atoms with Gasteiger partial charge in [-0.25, -0.2) is 4.18 Å². The van der Waals surface area contributed by atoms with Crippen molar-refractivity contribution >= 4 is 16.4 Å². The number of aliphatic hydroxyl groups excluding tert-OH is 2. The molecule has 0 saturated heterocycles. The van der Waals surface area contributed by atoms with Crippen LogP contribution in [0.15, 0.2) is 23.3 Å². The van der Waals surface area contributed by atoms with Crippen molar-refractivity contribution in [3.05, 3.63) is 23.3 Å². The maximum Gasteiger partial charge on any atom is 0.397 e. The molecule has 0 aromatic heterocycles. The van der Waals surface area contributed by atoms with Crippen LogP contribution in [0.5, 0.6) is 0 Å². The van der Waals surface area contributed by atoms with E-state index in [9.17, 15) is 23.2 Å². The Morgan fingerprint density at radius 3 is 2.20 bits per heavy atom. The second kappa shape index (κ2) is 12.0. The Kier molecular flexibility index (Phi) is 10.0. The number of carboxylic acids is 1. The SMILES string of the molecule is C=C(CCC(C)C1CCC2C3=C(C(O)CC21C)C1(C)CC(O)C(OS(=O)(=O)O)C(C)(C)C1CC3)C(C)C.CC(=O)O. The third kappa shape index (κ3) is 6.64. The Hall–Kier alpha value is -1.26. The Balaban J connectivity index is 0.00000108. The van der Waals surface area contributed by atoms with Crippen molar-refractivity contribution in [1.82, 2.24) is 0 Å². The quantitative estimate of drug-likeness (QED) is 0.201. The first-order chi connectivity index (χ1) is 18.7. The molecule has 0 amide bonds. The van der Waals surface area contributed by atoms with Crippen molar-refractivity contribution in [2.24, 2.45) is 45.8 Å². The fraction of sp³-hybridized carbons (Fsp3) is 0.844. The molecule has 9 heteroatoms. The lowest BCUT2D eigenvalue weighted by atomic mass is 9.45. The third-order valence-electron chi connectivity index (χ3n) is 11.5. The van der Waals surface area contributed by atoms with E-state index >= 15 is 0 Å². The lowest BCUT2D eigenvalue weighted by molar-refractivity contribution is -0.151. The zero-order valence-electron chi connectivity index (χ0n) is 26.3. The van der Waals surface area contributed by atoms with Gasteiger partial charge in [-0.1, -0.05) is 66.2 Å². The minimum absolute atomic E-state index is 0.0195. The van der Waals surface area contributed by atoms with Crippen LogP contribution in [0.1, 0.15) is 107 Å².